The van der Waals surface area contributed by atoms with E-state index in [2.05, 4.69) is 46.3 Å². The minimum atomic E-state index is -0.889. The summed E-state index contributed by atoms with van der Waals surface area (Å²) in [6.07, 6.45) is 0.00566. The van der Waals surface area contributed by atoms with Crippen LogP contribution in [0.5, 0.6) is 5.75 Å². The Morgan fingerprint density at radius 2 is 1.84 bits per heavy atom. The third kappa shape index (κ3) is 3.55. The number of nitrogens with one attached hydrogen (secondary N) is 3. The first-order valence-electron chi connectivity index (χ1n) is 10.5. The fourth-order valence-electron chi connectivity index (χ4n) is 4.35. The average molecular weight is 450 g/mol. The minimum Gasteiger partial charge on any atom is -0.482 e. The Kier molecular flexibility index (Phi) is 4.80. The van der Waals surface area contributed by atoms with Crippen molar-refractivity contribution >= 4 is 39.6 Å². The molecule has 7 heteroatoms. The zero-order valence-electron chi connectivity index (χ0n) is 16.9. The molecule has 3 aromatic carbocycles. The number of hydrogen-bond donors (Lipinski definition) is 3. The van der Waals surface area contributed by atoms with E-state index in [0.29, 0.717) is 5.75 Å². The molecule has 0 aromatic heterocycles. The number of ether oxygens (including phenoxy) is 1. The van der Waals surface area contributed by atoms with E-state index in [-0.39, 0.29) is 12.1 Å². The van der Waals surface area contributed by atoms with Crippen molar-refractivity contribution < 1.29 is 8.95 Å². The smallest absolute Gasteiger partial charge is 0.143 e. The molecule has 0 saturated carbocycles. The van der Waals surface area contributed by atoms with Crippen molar-refractivity contribution in [1.29, 1.82) is 0 Å². The van der Waals surface area contributed by atoms with E-state index < -0.39 is 10.8 Å². The normalized spacial score (nSPS) is 23.7. The molecule has 3 N–H and O–H groups in total. The molecular weight excluding hydrogens is 426 g/mol. The molecule has 3 atom stereocenters. The van der Waals surface area contributed by atoms with Gasteiger partial charge in [-0.1, -0.05) is 24.3 Å². The first kappa shape index (κ1) is 19.1. The Morgan fingerprint density at radius 3 is 2.81 bits per heavy atom. The minimum absolute atomic E-state index is 0.00566. The van der Waals surface area contributed by atoms with E-state index in [1.54, 1.807) is 0 Å². The predicted molar refractivity (Wildman–Crippen MR) is 128 cm³/mol. The molecular formula is C24H23N3O2S2. The number of rotatable bonds is 2. The predicted octanol–water partition coefficient (Wildman–Crippen LogP) is 5.02. The van der Waals surface area contributed by atoms with Crippen LogP contribution in [0.1, 0.15) is 23.3 Å². The molecule has 3 aromatic rings. The van der Waals surface area contributed by atoms with Crippen LogP contribution in [0.4, 0.5) is 17.1 Å². The molecule has 3 aliphatic heterocycles. The number of benzene rings is 3. The molecule has 3 heterocycles. The van der Waals surface area contributed by atoms with Crippen LogP contribution in [0.25, 0.3) is 0 Å². The molecule has 31 heavy (non-hydrogen) atoms. The van der Waals surface area contributed by atoms with Crippen molar-refractivity contribution in [3.8, 4) is 5.75 Å². The molecule has 0 bridgehead atoms. The number of hydrogen-bond acceptors (Lipinski definition) is 6. The fourth-order valence-corrected chi connectivity index (χ4v) is 6.58. The van der Waals surface area contributed by atoms with Crippen LogP contribution in [-0.4, -0.2) is 28.8 Å². The van der Waals surface area contributed by atoms with Crippen LogP contribution in [0.2, 0.25) is 0 Å². The van der Waals surface area contributed by atoms with Gasteiger partial charge in [-0.2, -0.15) is 0 Å². The standard InChI is InChI=1S/C24H23N3O2S2/c28-31-10-9-25-19-11-15(6-8-24(19)31)20-14-30-23-12-16(5-7-18(23)27-20)22-13-26-17-3-1-2-4-21(17)29-22/h1-8,11-12,20,22,25-27H,9-10,13-14H2. The summed E-state index contributed by atoms with van der Waals surface area (Å²) in [6.45, 7) is 1.53. The molecule has 0 amide bonds. The number of anilines is 3. The van der Waals surface area contributed by atoms with E-state index in [9.17, 15) is 4.21 Å². The third-order valence-electron chi connectivity index (χ3n) is 6.00. The summed E-state index contributed by atoms with van der Waals surface area (Å²) in [5.41, 5.74) is 5.64. The van der Waals surface area contributed by atoms with Gasteiger partial charge in [-0.3, -0.25) is 4.21 Å². The second-order valence-electron chi connectivity index (χ2n) is 7.98. The highest BCUT2D eigenvalue weighted by atomic mass is 32.2. The van der Waals surface area contributed by atoms with Gasteiger partial charge in [0.05, 0.1) is 39.7 Å². The monoisotopic (exact) mass is 449 g/mol. The largest absolute Gasteiger partial charge is 0.482 e. The molecule has 0 spiro atoms. The van der Waals surface area contributed by atoms with Gasteiger partial charge in [0.15, 0.2) is 0 Å². The van der Waals surface area contributed by atoms with Crippen molar-refractivity contribution in [2.45, 2.75) is 21.9 Å². The maximum Gasteiger partial charge on any atom is 0.143 e. The Bertz CT molecular complexity index is 1180. The summed E-state index contributed by atoms with van der Waals surface area (Å²) in [5.74, 6) is 2.54. The van der Waals surface area contributed by atoms with Crippen molar-refractivity contribution in [1.82, 2.24) is 0 Å². The Balaban J connectivity index is 1.21. The zero-order chi connectivity index (χ0) is 20.8. The van der Waals surface area contributed by atoms with Gasteiger partial charge in [-0.15, -0.1) is 11.8 Å². The zero-order valence-corrected chi connectivity index (χ0v) is 18.5. The van der Waals surface area contributed by atoms with Crippen LogP contribution in [0.15, 0.2) is 70.5 Å². The Morgan fingerprint density at radius 1 is 0.935 bits per heavy atom. The van der Waals surface area contributed by atoms with Crippen molar-refractivity contribution in [3.63, 3.8) is 0 Å². The van der Waals surface area contributed by atoms with Gasteiger partial charge in [0, 0.05) is 28.6 Å². The molecule has 3 aliphatic rings. The van der Waals surface area contributed by atoms with Crippen LogP contribution in [0, 0.1) is 0 Å². The van der Waals surface area contributed by atoms with Crippen LogP contribution in [0.3, 0.4) is 0 Å². The van der Waals surface area contributed by atoms with Gasteiger partial charge in [-0.05, 0) is 47.5 Å². The lowest BCUT2D eigenvalue weighted by molar-refractivity contribution is 0.210. The molecule has 3 unspecified atom stereocenters. The average Bonchev–Trinajstić information content (AvgIpc) is 2.83. The van der Waals surface area contributed by atoms with E-state index in [1.165, 1.54) is 16.0 Å². The first-order valence-corrected chi connectivity index (χ1v) is 12.8. The fraction of sp³-hybridized carbons (Fsp3) is 0.250. The number of para-hydroxylation sites is 2. The number of thioether (sulfide) groups is 1. The van der Waals surface area contributed by atoms with Gasteiger partial charge >= 0.3 is 0 Å². The van der Waals surface area contributed by atoms with Crippen LogP contribution < -0.4 is 20.7 Å². The van der Waals surface area contributed by atoms with Crippen molar-refractivity contribution in [2.24, 2.45) is 0 Å². The maximum atomic E-state index is 12.2. The lowest BCUT2D eigenvalue weighted by Gasteiger charge is -2.31. The van der Waals surface area contributed by atoms with Crippen LogP contribution in [-0.2, 0) is 10.8 Å². The Labute approximate surface area is 188 Å². The molecule has 158 valence electrons. The molecule has 0 saturated heterocycles. The maximum absolute atomic E-state index is 12.2. The Hall–Kier alpha value is -2.64. The molecule has 0 radical (unpaired) electrons. The van der Waals surface area contributed by atoms with Gasteiger partial charge in [0.25, 0.3) is 0 Å². The molecule has 0 fully saturated rings. The van der Waals surface area contributed by atoms with E-state index in [4.69, 9.17) is 4.74 Å². The second-order valence-corrected chi connectivity index (χ2v) is 10.6. The first-order chi connectivity index (χ1) is 15.2. The molecule has 6 rings (SSSR count). The van der Waals surface area contributed by atoms with E-state index in [0.717, 1.165) is 46.5 Å². The van der Waals surface area contributed by atoms with Gasteiger partial charge < -0.3 is 20.7 Å². The third-order valence-corrected chi connectivity index (χ3v) is 8.57. The summed E-state index contributed by atoms with van der Waals surface area (Å²) < 4.78 is 18.4. The molecule has 5 nitrogen and oxygen atoms in total. The van der Waals surface area contributed by atoms with E-state index >= 15 is 0 Å². The lowest BCUT2D eigenvalue weighted by Crippen LogP contribution is -2.24. The highest BCUT2D eigenvalue weighted by Gasteiger charge is 2.25. The topological polar surface area (TPSA) is 62.4 Å². The highest BCUT2D eigenvalue weighted by Crippen LogP contribution is 2.42. The van der Waals surface area contributed by atoms with Gasteiger partial charge in [-0.25, -0.2) is 0 Å². The van der Waals surface area contributed by atoms with Crippen molar-refractivity contribution in [3.05, 3.63) is 71.8 Å². The van der Waals surface area contributed by atoms with E-state index in [1.807, 2.05) is 42.1 Å². The quantitative estimate of drug-likeness (QED) is 0.510. The SMILES string of the molecule is O=S1CCNc2cc(C3CSc4cc(C5CNc6ccccc6O5)ccc4N3)ccc21. The summed E-state index contributed by atoms with van der Waals surface area (Å²) in [4.78, 5) is 2.18. The number of fused-ring (bicyclic) bond motifs is 3. The van der Waals surface area contributed by atoms with Gasteiger partial charge in [0.1, 0.15) is 11.9 Å². The highest BCUT2D eigenvalue weighted by molar-refractivity contribution is 7.99. The summed E-state index contributed by atoms with van der Waals surface area (Å²) in [5, 5.41) is 10.6. The molecule has 0 aliphatic carbocycles. The lowest BCUT2D eigenvalue weighted by atomic mass is 10.0. The summed E-state index contributed by atoms with van der Waals surface area (Å²) in [6, 6.07) is 21.2. The summed E-state index contributed by atoms with van der Waals surface area (Å²) >= 11 is 1.87. The second kappa shape index (κ2) is 7.80. The van der Waals surface area contributed by atoms with Crippen LogP contribution >= 0.6 is 11.8 Å². The van der Waals surface area contributed by atoms with Gasteiger partial charge in [0.2, 0.25) is 0 Å². The van der Waals surface area contributed by atoms with Crippen molar-refractivity contribution in [2.75, 3.05) is 40.5 Å². The summed E-state index contributed by atoms with van der Waals surface area (Å²) in [7, 11) is -0.889.